The zero-order valence-corrected chi connectivity index (χ0v) is 20.8. The minimum Gasteiger partial charge on any atom is -0.368 e. The first-order valence-corrected chi connectivity index (χ1v) is 13.3. The molecule has 0 unspecified atom stereocenters. The van der Waals surface area contributed by atoms with Crippen molar-refractivity contribution in [1.82, 2.24) is 24.4 Å². The van der Waals surface area contributed by atoms with Crippen LogP contribution in [0.4, 0.5) is 11.5 Å². The Morgan fingerprint density at radius 1 is 0.857 bits per heavy atom. The second-order valence-electron chi connectivity index (χ2n) is 9.91. The van der Waals surface area contributed by atoms with Gasteiger partial charge in [-0.3, -0.25) is 4.79 Å². The molecule has 1 aromatic carbocycles. The normalized spacial score (nSPS) is 19.6. The molecule has 3 aliphatic heterocycles. The molecule has 184 valence electrons. The first-order chi connectivity index (χ1) is 17.2. The minimum absolute atomic E-state index is 0.0874. The van der Waals surface area contributed by atoms with E-state index in [-0.39, 0.29) is 5.92 Å². The summed E-state index contributed by atoms with van der Waals surface area (Å²) < 4.78 is 2.29. The van der Waals surface area contributed by atoms with Gasteiger partial charge in [0.1, 0.15) is 12.2 Å². The minimum atomic E-state index is 0.0874. The molecule has 6 rings (SSSR count). The number of hydrogen-bond acceptors (Lipinski definition) is 6. The topological polar surface area (TPSA) is 70.4 Å². The van der Waals surface area contributed by atoms with E-state index in [2.05, 4.69) is 41.4 Å². The number of hydrogen-bond donors (Lipinski definition) is 0. The number of nitrogens with zero attached hydrogens (tertiary/aromatic N) is 7. The maximum Gasteiger partial charge on any atom is 0.225 e. The Kier molecular flexibility index (Phi) is 6.22. The molecule has 0 saturated carbocycles. The summed E-state index contributed by atoms with van der Waals surface area (Å²) in [5.74, 6) is 2.46. The van der Waals surface area contributed by atoms with Crippen molar-refractivity contribution in [2.75, 3.05) is 49.1 Å². The van der Waals surface area contributed by atoms with E-state index in [4.69, 9.17) is 16.6 Å². The van der Waals surface area contributed by atoms with Crippen LogP contribution in [0.25, 0.3) is 11.2 Å². The average Bonchev–Trinajstić information content (AvgIpc) is 3.09. The highest BCUT2D eigenvalue weighted by Crippen LogP contribution is 2.30. The Balaban J connectivity index is 1.08. The maximum atomic E-state index is 13.3. The predicted octanol–water partition coefficient (Wildman–Crippen LogP) is 3.77. The number of halogens is 1. The van der Waals surface area contributed by atoms with Gasteiger partial charge in [-0.05, 0) is 49.9 Å². The highest BCUT2D eigenvalue weighted by atomic mass is 35.5. The van der Waals surface area contributed by atoms with Crippen LogP contribution in [0, 0.1) is 5.92 Å². The summed E-state index contributed by atoms with van der Waals surface area (Å²) in [4.78, 5) is 34.2. The molecule has 35 heavy (non-hydrogen) atoms. The van der Waals surface area contributed by atoms with Crippen molar-refractivity contribution < 1.29 is 4.79 Å². The quantitative estimate of drug-likeness (QED) is 0.553. The monoisotopic (exact) mass is 493 g/mol. The molecular formula is C26H32ClN7O. The summed E-state index contributed by atoms with van der Waals surface area (Å²) in [5.41, 5.74) is 3.05. The van der Waals surface area contributed by atoms with Crippen LogP contribution in [0.1, 0.15) is 37.9 Å². The third-order valence-electron chi connectivity index (χ3n) is 7.80. The molecule has 2 aromatic heterocycles. The standard InChI is InChI=1S/C26H32ClN7O/c27-20-5-7-21(8-6-20)31-14-16-33(17-15-31)26(35)19-9-12-32(13-10-19)24-23-25(29-18-28-24)34-11-3-1-2-4-22(34)30-23/h5-8,18-19H,1-4,9-17H2. The van der Waals surface area contributed by atoms with Gasteiger partial charge in [0.15, 0.2) is 17.0 Å². The van der Waals surface area contributed by atoms with Crippen molar-refractivity contribution in [3.63, 3.8) is 0 Å². The first kappa shape index (κ1) is 22.6. The van der Waals surface area contributed by atoms with Crippen molar-refractivity contribution >= 4 is 40.2 Å². The highest BCUT2D eigenvalue weighted by molar-refractivity contribution is 6.30. The van der Waals surface area contributed by atoms with Crippen molar-refractivity contribution in [3.05, 3.63) is 41.4 Å². The summed E-state index contributed by atoms with van der Waals surface area (Å²) in [6.45, 7) is 5.91. The molecule has 3 aliphatic rings. The molecule has 0 bridgehead atoms. The van der Waals surface area contributed by atoms with Gasteiger partial charge in [0.25, 0.3) is 0 Å². The van der Waals surface area contributed by atoms with Crippen LogP contribution in [-0.4, -0.2) is 69.6 Å². The second-order valence-corrected chi connectivity index (χ2v) is 10.3. The molecule has 2 fully saturated rings. The fourth-order valence-electron chi connectivity index (χ4n) is 5.79. The van der Waals surface area contributed by atoms with Gasteiger partial charge in [0.2, 0.25) is 5.91 Å². The van der Waals surface area contributed by atoms with Gasteiger partial charge in [-0.1, -0.05) is 18.0 Å². The summed E-state index contributed by atoms with van der Waals surface area (Å²) in [5, 5.41) is 0.750. The first-order valence-electron chi connectivity index (χ1n) is 12.9. The molecule has 0 aliphatic carbocycles. The van der Waals surface area contributed by atoms with Crippen LogP contribution in [0.5, 0.6) is 0 Å². The van der Waals surface area contributed by atoms with Crippen LogP contribution >= 0.6 is 11.6 Å². The molecule has 2 saturated heterocycles. The Hall–Kier alpha value is -2.87. The number of amides is 1. The maximum absolute atomic E-state index is 13.3. The van der Waals surface area contributed by atoms with E-state index < -0.39 is 0 Å². The van der Waals surface area contributed by atoms with Gasteiger partial charge in [0.05, 0.1) is 0 Å². The van der Waals surface area contributed by atoms with E-state index in [1.165, 1.54) is 24.9 Å². The zero-order chi connectivity index (χ0) is 23.8. The van der Waals surface area contributed by atoms with Crippen LogP contribution < -0.4 is 9.80 Å². The number of carbonyl (C=O) groups is 1. The van der Waals surface area contributed by atoms with E-state index >= 15 is 0 Å². The molecular weight excluding hydrogens is 462 g/mol. The second kappa shape index (κ2) is 9.64. The van der Waals surface area contributed by atoms with Gasteiger partial charge < -0.3 is 19.3 Å². The number of rotatable bonds is 3. The van der Waals surface area contributed by atoms with Gasteiger partial charge >= 0.3 is 0 Å². The number of imidazole rings is 1. The summed E-state index contributed by atoms with van der Waals surface area (Å²) >= 11 is 6.02. The van der Waals surface area contributed by atoms with E-state index in [0.29, 0.717) is 5.91 Å². The molecule has 0 spiro atoms. The van der Waals surface area contributed by atoms with Crippen LogP contribution in [0.2, 0.25) is 5.02 Å². The summed E-state index contributed by atoms with van der Waals surface area (Å²) in [6.07, 6.45) is 8.02. The van der Waals surface area contributed by atoms with Gasteiger partial charge in [-0.25, -0.2) is 15.0 Å². The van der Waals surface area contributed by atoms with Gasteiger partial charge in [-0.2, -0.15) is 0 Å². The third-order valence-corrected chi connectivity index (χ3v) is 8.05. The van der Waals surface area contributed by atoms with Gasteiger partial charge in [-0.15, -0.1) is 0 Å². The number of piperazine rings is 1. The largest absolute Gasteiger partial charge is 0.368 e. The Bertz CT molecular complexity index is 1190. The van der Waals surface area contributed by atoms with Crippen LogP contribution in [0.15, 0.2) is 30.6 Å². The molecule has 0 atom stereocenters. The molecule has 8 nitrogen and oxygen atoms in total. The fraction of sp³-hybridized carbons (Fsp3) is 0.538. The third kappa shape index (κ3) is 4.44. The number of aromatic nitrogens is 4. The number of anilines is 2. The number of fused-ring (bicyclic) bond motifs is 3. The van der Waals surface area contributed by atoms with E-state index in [0.717, 1.165) is 92.9 Å². The highest BCUT2D eigenvalue weighted by Gasteiger charge is 2.32. The van der Waals surface area contributed by atoms with E-state index in [1.807, 2.05) is 12.1 Å². The lowest BCUT2D eigenvalue weighted by Crippen LogP contribution is -2.51. The fourth-order valence-corrected chi connectivity index (χ4v) is 5.92. The number of carbonyl (C=O) groups excluding carboxylic acids is 1. The van der Waals surface area contributed by atoms with Crippen LogP contribution in [0.3, 0.4) is 0 Å². The molecule has 0 N–H and O–H groups in total. The Morgan fingerprint density at radius 2 is 1.63 bits per heavy atom. The molecule has 0 radical (unpaired) electrons. The lowest BCUT2D eigenvalue weighted by molar-refractivity contribution is -0.136. The summed E-state index contributed by atoms with van der Waals surface area (Å²) in [7, 11) is 0. The lowest BCUT2D eigenvalue weighted by Gasteiger charge is -2.39. The van der Waals surface area contributed by atoms with E-state index in [9.17, 15) is 4.79 Å². The zero-order valence-electron chi connectivity index (χ0n) is 20.1. The lowest BCUT2D eigenvalue weighted by atomic mass is 9.95. The smallest absolute Gasteiger partial charge is 0.225 e. The summed E-state index contributed by atoms with van der Waals surface area (Å²) in [6, 6.07) is 7.96. The molecule has 9 heteroatoms. The van der Waals surface area contributed by atoms with Crippen molar-refractivity contribution in [3.8, 4) is 0 Å². The van der Waals surface area contributed by atoms with Crippen molar-refractivity contribution in [2.45, 2.75) is 45.1 Å². The van der Waals surface area contributed by atoms with Gasteiger partial charge in [0, 0.05) is 68.9 Å². The molecule has 1 amide bonds. The SMILES string of the molecule is O=C(C1CCN(c2ncnc3c2nc2n3CCCCC2)CC1)N1CCN(c2ccc(Cl)cc2)CC1. The number of piperidine rings is 1. The number of aryl methyl sites for hydroxylation is 2. The van der Waals surface area contributed by atoms with Crippen molar-refractivity contribution in [1.29, 1.82) is 0 Å². The van der Waals surface area contributed by atoms with E-state index in [1.54, 1.807) is 6.33 Å². The molecule has 5 heterocycles. The Morgan fingerprint density at radius 3 is 2.40 bits per heavy atom. The van der Waals surface area contributed by atoms with Crippen molar-refractivity contribution in [2.24, 2.45) is 5.92 Å². The van der Waals surface area contributed by atoms with Crippen LogP contribution in [-0.2, 0) is 17.8 Å². The Labute approximate surface area is 210 Å². The predicted molar refractivity (Wildman–Crippen MR) is 138 cm³/mol. The molecule has 3 aromatic rings. The average molecular weight is 494 g/mol. The number of benzene rings is 1.